The maximum atomic E-state index is 9.49. The highest BCUT2D eigenvalue weighted by molar-refractivity contribution is 6.37. The maximum Gasteiger partial charge on any atom is 0.177 e. The van der Waals surface area contributed by atoms with Gasteiger partial charge in [-0.1, -0.05) is 11.6 Å². The molecule has 0 saturated heterocycles. The number of aromatic hydroxyl groups is 2. The third-order valence-electron chi connectivity index (χ3n) is 2.59. The molecule has 0 aliphatic rings. The molecular formula is C12H13ClNO2+. The molecule has 0 spiro atoms. The summed E-state index contributed by atoms with van der Waals surface area (Å²) in [6, 6.07) is 3.67. The second-order valence-electron chi connectivity index (χ2n) is 4.05. The van der Waals surface area contributed by atoms with Crippen LogP contribution in [0.3, 0.4) is 0 Å². The fourth-order valence-electron chi connectivity index (χ4n) is 1.62. The Balaban J connectivity index is 2.76. The molecule has 84 valence electrons. The lowest BCUT2D eigenvalue weighted by Gasteiger charge is -2.06. The molecule has 0 bridgehead atoms. The third kappa shape index (κ3) is 1.67. The maximum absolute atomic E-state index is 9.49. The average Bonchev–Trinajstić information content (AvgIpc) is 2.25. The van der Waals surface area contributed by atoms with E-state index in [9.17, 15) is 10.2 Å². The summed E-state index contributed by atoms with van der Waals surface area (Å²) in [5.41, 5.74) is 0. The van der Waals surface area contributed by atoms with Crippen LogP contribution in [0.5, 0.6) is 11.5 Å². The number of aromatic nitrogens is 1. The Morgan fingerprint density at radius 2 is 2.00 bits per heavy atom. The molecule has 1 aromatic heterocycles. The first-order valence-corrected chi connectivity index (χ1v) is 5.43. The van der Waals surface area contributed by atoms with Gasteiger partial charge < -0.3 is 10.2 Å². The molecule has 1 aromatic carbocycles. The SMILES string of the molecule is CC(C)[n+]1ccc2c(Cl)c(O)c(O)cc2c1. The molecule has 16 heavy (non-hydrogen) atoms. The molecule has 0 fully saturated rings. The van der Waals surface area contributed by atoms with Crippen molar-refractivity contribution in [3.63, 3.8) is 0 Å². The molecule has 0 aliphatic heterocycles. The Bertz CT molecular complexity index is 552. The van der Waals surface area contributed by atoms with Gasteiger partial charge in [-0.05, 0) is 19.9 Å². The number of hydrogen-bond donors (Lipinski definition) is 2. The first-order chi connectivity index (χ1) is 7.50. The molecule has 0 radical (unpaired) electrons. The van der Waals surface area contributed by atoms with Crippen LogP contribution in [0.1, 0.15) is 19.9 Å². The number of pyridine rings is 1. The van der Waals surface area contributed by atoms with Crippen molar-refractivity contribution in [3.8, 4) is 11.5 Å². The summed E-state index contributed by atoms with van der Waals surface area (Å²) in [4.78, 5) is 0. The molecule has 0 aliphatic carbocycles. The van der Waals surface area contributed by atoms with Crippen LogP contribution in [-0.2, 0) is 0 Å². The van der Waals surface area contributed by atoms with Gasteiger partial charge in [0.1, 0.15) is 0 Å². The fourth-order valence-corrected chi connectivity index (χ4v) is 1.89. The summed E-state index contributed by atoms with van der Waals surface area (Å²) in [7, 11) is 0. The van der Waals surface area contributed by atoms with Gasteiger partial charge >= 0.3 is 0 Å². The normalized spacial score (nSPS) is 11.2. The van der Waals surface area contributed by atoms with E-state index in [-0.39, 0.29) is 16.5 Å². The van der Waals surface area contributed by atoms with Crippen molar-refractivity contribution in [3.05, 3.63) is 29.5 Å². The first kappa shape index (κ1) is 11.0. The van der Waals surface area contributed by atoms with Gasteiger partial charge in [-0.15, -0.1) is 0 Å². The number of phenols is 2. The Morgan fingerprint density at radius 3 is 2.62 bits per heavy atom. The number of halogens is 1. The molecule has 2 aromatic rings. The highest BCUT2D eigenvalue weighted by Gasteiger charge is 2.14. The third-order valence-corrected chi connectivity index (χ3v) is 2.97. The van der Waals surface area contributed by atoms with Crippen molar-refractivity contribution >= 4 is 22.4 Å². The Morgan fingerprint density at radius 1 is 1.31 bits per heavy atom. The lowest BCUT2D eigenvalue weighted by molar-refractivity contribution is -0.715. The fraction of sp³-hybridized carbons (Fsp3) is 0.250. The van der Waals surface area contributed by atoms with Crippen molar-refractivity contribution in [1.82, 2.24) is 0 Å². The molecular weight excluding hydrogens is 226 g/mol. The average molecular weight is 239 g/mol. The van der Waals surface area contributed by atoms with E-state index < -0.39 is 0 Å². The predicted molar refractivity (Wildman–Crippen MR) is 62.9 cm³/mol. The molecule has 0 amide bonds. The second-order valence-corrected chi connectivity index (χ2v) is 4.42. The lowest BCUT2D eigenvalue weighted by atomic mass is 10.1. The zero-order valence-corrected chi connectivity index (χ0v) is 9.86. The summed E-state index contributed by atoms with van der Waals surface area (Å²) in [5.74, 6) is -0.463. The summed E-state index contributed by atoms with van der Waals surface area (Å²) >= 11 is 5.94. The van der Waals surface area contributed by atoms with Crippen LogP contribution in [0.15, 0.2) is 24.5 Å². The number of rotatable bonds is 1. The number of hydrogen-bond acceptors (Lipinski definition) is 2. The van der Waals surface area contributed by atoms with Crippen molar-refractivity contribution in [2.45, 2.75) is 19.9 Å². The number of phenolic OH excluding ortho intramolecular Hbond substituents is 2. The van der Waals surface area contributed by atoms with Crippen LogP contribution in [0.25, 0.3) is 10.8 Å². The Hall–Kier alpha value is -1.48. The van der Waals surface area contributed by atoms with E-state index in [1.165, 1.54) is 6.07 Å². The van der Waals surface area contributed by atoms with Crippen LogP contribution >= 0.6 is 11.6 Å². The zero-order valence-electron chi connectivity index (χ0n) is 9.11. The largest absolute Gasteiger partial charge is 0.504 e. The molecule has 0 atom stereocenters. The minimum absolute atomic E-state index is 0.186. The van der Waals surface area contributed by atoms with Gasteiger partial charge in [0, 0.05) is 11.5 Å². The molecule has 0 saturated carbocycles. The van der Waals surface area contributed by atoms with E-state index >= 15 is 0 Å². The summed E-state index contributed by atoms with van der Waals surface area (Å²) < 4.78 is 2.01. The molecule has 3 nitrogen and oxygen atoms in total. The minimum Gasteiger partial charge on any atom is -0.504 e. The molecule has 1 heterocycles. The number of fused-ring (bicyclic) bond motifs is 1. The summed E-state index contributed by atoms with van der Waals surface area (Å²) in [6.45, 7) is 4.13. The quantitative estimate of drug-likeness (QED) is 0.593. The summed E-state index contributed by atoms with van der Waals surface area (Å²) in [6.07, 6.45) is 3.79. The molecule has 0 unspecified atom stereocenters. The van der Waals surface area contributed by atoms with Gasteiger partial charge in [0.25, 0.3) is 0 Å². The van der Waals surface area contributed by atoms with E-state index in [0.29, 0.717) is 6.04 Å². The topological polar surface area (TPSA) is 44.3 Å². The van der Waals surface area contributed by atoms with Gasteiger partial charge in [0.15, 0.2) is 29.9 Å². The van der Waals surface area contributed by atoms with Crippen molar-refractivity contribution in [2.75, 3.05) is 0 Å². The second kappa shape index (κ2) is 3.83. The van der Waals surface area contributed by atoms with Crippen molar-refractivity contribution in [2.24, 2.45) is 0 Å². The van der Waals surface area contributed by atoms with Gasteiger partial charge in [0.05, 0.1) is 10.4 Å². The number of nitrogens with zero attached hydrogens (tertiary/aromatic N) is 1. The van der Waals surface area contributed by atoms with Crippen LogP contribution in [-0.4, -0.2) is 10.2 Å². The predicted octanol–water partition coefficient (Wildman–Crippen LogP) is 2.77. The first-order valence-electron chi connectivity index (χ1n) is 5.05. The standard InChI is InChI=1S/C12H12ClNO2/c1-7(2)14-4-3-9-8(6-14)5-10(15)12(16)11(9)13/h3-7,15H,1-2H3/p+1. The van der Waals surface area contributed by atoms with Crippen LogP contribution in [0.2, 0.25) is 5.02 Å². The Kier molecular flexibility index (Phi) is 2.64. The summed E-state index contributed by atoms with van der Waals surface area (Å²) in [5, 5.41) is 20.7. The van der Waals surface area contributed by atoms with E-state index in [0.717, 1.165) is 10.8 Å². The highest BCUT2D eigenvalue weighted by atomic mass is 35.5. The van der Waals surface area contributed by atoms with Gasteiger partial charge in [-0.25, -0.2) is 4.57 Å². The van der Waals surface area contributed by atoms with Crippen LogP contribution < -0.4 is 4.57 Å². The van der Waals surface area contributed by atoms with Crippen LogP contribution in [0, 0.1) is 0 Å². The van der Waals surface area contributed by atoms with Crippen LogP contribution in [0.4, 0.5) is 0 Å². The zero-order chi connectivity index (χ0) is 11.9. The van der Waals surface area contributed by atoms with Gasteiger partial charge in [0.2, 0.25) is 0 Å². The van der Waals surface area contributed by atoms with E-state index in [2.05, 4.69) is 13.8 Å². The monoisotopic (exact) mass is 238 g/mol. The molecule has 2 rings (SSSR count). The lowest BCUT2D eigenvalue weighted by Crippen LogP contribution is -2.34. The van der Waals surface area contributed by atoms with E-state index in [1.807, 2.05) is 23.0 Å². The van der Waals surface area contributed by atoms with Crippen molar-refractivity contribution in [1.29, 1.82) is 0 Å². The van der Waals surface area contributed by atoms with E-state index in [1.54, 1.807) is 0 Å². The smallest absolute Gasteiger partial charge is 0.177 e. The van der Waals surface area contributed by atoms with Crippen molar-refractivity contribution < 1.29 is 14.8 Å². The molecule has 2 N–H and O–H groups in total. The Labute approximate surface area is 98.5 Å². The van der Waals surface area contributed by atoms with Gasteiger partial charge in [-0.3, -0.25) is 0 Å². The number of benzene rings is 1. The highest BCUT2D eigenvalue weighted by Crippen LogP contribution is 2.38. The van der Waals surface area contributed by atoms with Gasteiger partial charge in [-0.2, -0.15) is 0 Å². The molecule has 4 heteroatoms. The van der Waals surface area contributed by atoms with E-state index in [4.69, 9.17) is 11.6 Å². The minimum atomic E-state index is -0.267.